The highest BCUT2D eigenvalue weighted by Gasteiger charge is 2.37. The van der Waals surface area contributed by atoms with Gasteiger partial charge >= 0.3 is 11.7 Å². The number of benzene rings is 4. The van der Waals surface area contributed by atoms with Crippen LogP contribution in [0.4, 0.5) is 26.3 Å². The summed E-state index contributed by atoms with van der Waals surface area (Å²) in [6.45, 7) is 1.91. The molecule has 4 aliphatic heterocycles. The summed E-state index contributed by atoms with van der Waals surface area (Å²) < 4.78 is 75.2. The molecule has 2 fully saturated rings. The molecular formula is C46H40F6N6O8S. The summed E-state index contributed by atoms with van der Waals surface area (Å²) in [5.41, 5.74) is -0.198. The third-order valence-corrected chi connectivity index (χ3v) is 12.1. The Labute approximate surface area is 382 Å². The quantitative estimate of drug-likeness (QED) is 0.0975. The average molecular weight is 951 g/mol. The summed E-state index contributed by atoms with van der Waals surface area (Å²) >= 11 is -0.240. The van der Waals surface area contributed by atoms with E-state index in [1.807, 2.05) is 9.80 Å². The Balaban J connectivity index is 0.000000199. The zero-order chi connectivity index (χ0) is 48.2. The van der Waals surface area contributed by atoms with Crippen LogP contribution in [0.3, 0.4) is 0 Å². The fourth-order valence-corrected chi connectivity index (χ4v) is 8.64. The van der Waals surface area contributed by atoms with Crippen molar-refractivity contribution in [1.82, 2.24) is 31.1 Å². The van der Waals surface area contributed by atoms with Gasteiger partial charge in [0.2, 0.25) is 35.4 Å². The molecular weight excluding hydrogens is 911 g/mol. The molecule has 0 saturated carbocycles. The Hall–Kier alpha value is -6.71. The Bertz CT molecular complexity index is 2640. The monoisotopic (exact) mass is 950 g/mol. The van der Waals surface area contributed by atoms with Crippen molar-refractivity contribution in [1.29, 1.82) is 0 Å². The second kappa shape index (κ2) is 20.0. The van der Waals surface area contributed by atoms with Crippen LogP contribution in [0.5, 0.6) is 0 Å². The van der Waals surface area contributed by atoms with Gasteiger partial charge in [-0.1, -0.05) is 36.4 Å². The van der Waals surface area contributed by atoms with Gasteiger partial charge in [0, 0.05) is 55.0 Å². The Morgan fingerprint density at radius 3 is 1.36 bits per heavy atom. The predicted molar refractivity (Wildman–Crippen MR) is 226 cm³/mol. The molecule has 2 saturated heterocycles. The first kappa shape index (κ1) is 48.2. The van der Waals surface area contributed by atoms with Crippen molar-refractivity contribution in [2.45, 2.75) is 93.4 Å². The highest BCUT2D eigenvalue weighted by molar-refractivity contribution is 8.00. The standard InChI is InChI=1S/C23H20F3N3O4S.C23H20F3N3O4/c24-23(25,26)34-17-5-1-13(2-6-17)9-20(31)28-21(32)14-3-4-15-11-29(12-16(15)10-14)18-7-8-19(30)27-22(18)33;24-23(25,26)17-5-1-13(2-6-17)9-20(31)28-21(32)14-3-4-15-11-29(12-16(15)10-14)18-7-8-19(30)27-22(18)33/h1-6,10,18H,7-9,11-12H2,(H,27,30,33)(H,28,31,32);1-6,10,18H,7-9,11-12H2,(H,27,30,33)(H,28,31,32). The maximum absolute atomic E-state index is 12.6. The van der Waals surface area contributed by atoms with Crippen LogP contribution < -0.4 is 21.3 Å². The number of carbonyl (C=O) groups is 8. The zero-order valence-electron chi connectivity index (χ0n) is 35.1. The maximum Gasteiger partial charge on any atom is 0.446 e. The number of amides is 8. The Morgan fingerprint density at radius 2 is 0.970 bits per heavy atom. The molecule has 0 radical (unpaired) electrons. The van der Waals surface area contributed by atoms with Crippen LogP contribution in [0.1, 0.15) is 85.3 Å². The predicted octanol–water partition coefficient (Wildman–Crippen LogP) is 5.24. The molecule has 4 heterocycles. The molecule has 0 aliphatic carbocycles. The van der Waals surface area contributed by atoms with Gasteiger partial charge < -0.3 is 0 Å². The molecule has 4 aromatic rings. The minimum atomic E-state index is -4.46. The first-order valence-corrected chi connectivity index (χ1v) is 21.6. The molecule has 8 amide bonds. The summed E-state index contributed by atoms with van der Waals surface area (Å²) in [4.78, 5) is 100. The summed E-state index contributed by atoms with van der Waals surface area (Å²) in [6.07, 6.45) is -3.42. The Morgan fingerprint density at radius 1 is 0.567 bits per heavy atom. The van der Waals surface area contributed by atoms with E-state index >= 15 is 0 Å². The van der Waals surface area contributed by atoms with Gasteiger partial charge in [0.05, 0.1) is 30.5 Å². The van der Waals surface area contributed by atoms with Crippen molar-refractivity contribution in [3.05, 3.63) is 135 Å². The SMILES string of the molecule is O=C(Cc1ccc(C(F)(F)F)cc1)NC(=O)c1ccc2c(c1)CN(C1CCC(=O)NC1=O)C2.O=C(Cc1ccc(SC(F)(F)F)cc1)NC(=O)c1ccc2c(c1)CN(C1CCC(=O)NC1=O)C2. The van der Waals surface area contributed by atoms with Crippen LogP contribution in [-0.4, -0.2) is 74.6 Å². The number of halogens is 6. The molecule has 2 unspecified atom stereocenters. The smallest absolute Gasteiger partial charge is 0.295 e. The van der Waals surface area contributed by atoms with E-state index in [9.17, 15) is 64.7 Å². The van der Waals surface area contributed by atoms with Gasteiger partial charge in [0.25, 0.3) is 11.8 Å². The van der Waals surface area contributed by atoms with Gasteiger partial charge in [0.1, 0.15) is 0 Å². The number of nitrogens with zero attached hydrogens (tertiary/aromatic N) is 2. The van der Waals surface area contributed by atoms with E-state index in [1.165, 1.54) is 36.4 Å². The van der Waals surface area contributed by atoms with Crippen LogP contribution in [0.15, 0.2) is 89.8 Å². The van der Waals surface area contributed by atoms with Crippen molar-refractivity contribution in [2.75, 3.05) is 0 Å². The lowest BCUT2D eigenvalue weighted by molar-refractivity contribution is -0.139. The van der Waals surface area contributed by atoms with E-state index in [4.69, 9.17) is 0 Å². The second-order valence-electron chi connectivity index (χ2n) is 16.2. The second-order valence-corrected chi connectivity index (χ2v) is 17.3. The van der Waals surface area contributed by atoms with Crippen molar-refractivity contribution in [3.63, 3.8) is 0 Å². The summed E-state index contributed by atoms with van der Waals surface area (Å²) in [5.74, 6) is -3.63. The number of nitrogens with one attached hydrogen (secondary N) is 4. The molecule has 0 spiro atoms. The van der Waals surface area contributed by atoms with Crippen LogP contribution in [0.2, 0.25) is 0 Å². The van der Waals surface area contributed by atoms with Crippen LogP contribution in [0, 0.1) is 0 Å². The van der Waals surface area contributed by atoms with Gasteiger partial charge in [-0.2, -0.15) is 26.3 Å². The van der Waals surface area contributed by atoms with E-state index in [2.05, 4.69) is 21.3 Å². The van der Waals surface area contributed by atoms with E-state index in [0.29, 0.717) is 50.1 Å². The minimum absolute atomic E-state index is 0.0113. The number of thioether (sulfide) groups is 1. The highest BCUT2D eigenvalue weighted by Crippen LogP contribution is 2.37. The lowest BCUT2D eigenvalue weighted by Gasteiger charge is -2.29. The number of imide groups is 4. The fraction of sp³-hybridized carbons (Fsp3) is 0.304. The molecule has 0 bridgehead atoms. The minimum Gasteiger partial charge on any atom is -0.295 e. The summed E-state index contributed by atoms with van der Waals surface area (Å²) in [7, 11) is 0. The lowest BCUT2D eigenvalue weighted by Crippen LogP contribution is -2.50. The van der Waals surface area contributed by atoms with Crippen molar-refractivity contribution >= 4 is 59.0 Å². The molecule has 350 valence electrons. The van der Waals surface area contributed by atoms with Crippen molar-refractivity contribution in [3.8, 4) is 0 Å². The van der Waals surface area contributed by atoms with E-state index in [0.717, 1.165) is 34.4 Å². The van der Waals surface area contributed by atoms with Crippen LogP contribution in [-0.2, 0) is 74.0 Å². The van der Waals surface area contributed by atoms with E-state index < -0.39 is 53.0 Å². The zero-order valence-corrected chi connectivity index (χ0v) is 36.0. The molecule has 2 atom stereocenters. The largest absolute Gasteiger partial charge is 0.446 e. The maximum atomic E-state index is 12.6. The van der Waals surface area contributed by atoms with Crippen LogP contribution >= 0.6 is 11.8 Å². The average Bonchev–Trinajstić information content (AvgIpc) is 3.88. The lowest BCUT2D eigenvalue weighted by atomic mass is 10.0. The first-order valence-electron chi connectivity index (χ1n) is 20.8. The van der Waals surface area contributed by atoms with E-state index in [1.54, 1.807) is 36.4 Å². The molecule has 4 N–H and O–H groups in total. The van der Waals surface area contributed by atoms with Gasteiger partial charge in [-0.3, -0.25) is 69.4 Å². The fourth-order valence-electron chi connectivity index (χ4n) is 8.10. The third kappa shape index (κ3) is 12.6. The first-order chi connectivity index (χ1) is 31.7. The topological polar surface area (TPSA) is 191 Å². The summed E-state index contributed by atoms with van der Waals surface area (Å²) in [5, 5.41) is 9.23. The summed E-state index contributed by atoms with van der Waals surface area (Å²) in [6, 6.07) is 18.8. The number of fused-ring (bicyclic) bond motifs is 2. The number of hydrogen-bond acceptors (Lipinski definition) is 11. The molecule has 14 nitrogen and oxygen atoms in total. The van der Waals surface area contributed by atoms with Gasteiger partial charge in [-0.25, -0.2) is 0 Å². The van der Waals surface area contributed by atoms with E-state index in [-0.39, 0.29) is 77.1 Å². The molecule has 67 heavy (non-hydrogen) atoms. The van der Waals surface area contributed by atoms with Crippen LogP contribution in [0.25, 0.3) is 0 Å². The van der Waals surface area contributed by atoms with Crippen molar-refractivity contribution in [2.24, 2.45) is 0 Å². The number of carbonyl (C=O) groups excluding carboxylic acids is 8. The molecule has 8 rings (SSSR count). The van der Waals surface area contributed by atoms with Gasteiger partial charge in [-0.15, -0.1) is 0 Å². The number of hydrogen-bond donors (Lipinski definition) is 4. The molecule has 4 aromatic carbocycles. The number of rotatable bonds is 9. The van der Waals surface area contributed by atoms with Crippen molar-refractivity contribution < 1.29 is 64.7 Å². The molecule has 21 heteroatoms. The highest BCUT2D eigenvalue weighted by atomic mass is 32.2. The normalized spacial score (nSPS) is 18.5. The van der Waals surface area contributed by atoms with Gasteiger partial charge in [-0.05, 0) is 107 Å². The molecule has 4 aliphatic rings. The van der Waals surface area contributed by atoms with Gasteiger partial charge in [0.15, 0.2) is 0 Å². The third-order valence-electron chi connectivity index (χ3n) is 11.4. The number of alkyl halides is 6. The Kier molecular flexibility index (Phi) is 14.4. The molecule has 0 aromatic heterocycles. The number of piperidine rings is 2.